The summed E-state index contributed by atoms with van der Waals surface area (Å²) < 4.78 is 44.4. The number of amides is 1. The minimum Gasteiger partial charge on any atom is -0.445 e. The van der Waals surface area contributed by atoms with E-state index < -0.39 is 30.5 Å². The lowest BCUT2D eigenvalue weighted by Gasteiger charge is -2.21. The molecule has 4 nitrogen and oxygen atoms in total. The second kappa shape index (κ2) is 8.22. The molecule has 1 unspecified atom stereocenters. The van der Waals surface area contributed by atoms with Crippen molar-refractivity contribution >= 4 is 17.7 Å². The Balaban J connectivity index is 2.11. The molecule has 0 aliphatic heterocycles. The molecule has 0 aliphatic carbocycles. The van der Waals surface area contributed by atoms with Crippen molar-refractivity contribution in [3.63, 3.8) is 0 Å². The van der Waals surface area contributed by atoms with E-state index in [1.807, 2.05) is 0 Å². The highest BCUT2D eigenvalue weighted by molar-refractivity contribution is 6.30. The van der Waals surface area contributed by atoms with Crippen LogP contribution in [0.4, 0.5) is 18.0 Å². The van der Waals surface area contributed by atoms with E-state index in [1.54, 1.807) is 30.3 Å². The van der Waals surface area contributed by atoms with Gasteiger partial charge in [0.15, 0.2) is 0 Å². The Morgan fingerprint density at radius 1 is 1.20 bits per heavy atom. The van der Waals surface area contributed by atoms with Gasteiger partial charge in [-0.25, -0.2) is 4.79 Å². The fraction of sp³-hybridized carbons (Fsp3) is 0.235. The summed E-state index contributed by atoms with van der Waals surface area (Å²) in [6, 6.07) is 10.6. The number of benzene rings is 2. The molecule has 1 amide bonds. The first-order chi connectivity index (χ1) is 11.8. The Labute approximate surface area is 147 Å². The first kappa shape index (κ1) is 19.1. The molecule has 0 aromatic heterocycles. The van der Waals surface area contributed by atoms with Crippen LogP contribution in [-0.2, 0) is 17.5 Å². The molecule has 2 aromatic rings. The Morgan fingerprint density at radius 2 is 1.88 bits per heavy atom. The van der Waals surface area contributed by atoms with Crippen molar-refractivity contribution < 1.29 is 27.8 Å². The first-order valence-corrected chi connectivity index (χ1v) is 7.63. The van der Waals surface area contributed by atoms with Crippen molar-refractivity contribution in [1.29, 1.82) is 0 Å². The minimum absolute atomic E-state index is 0.0441. The van der Waals surface area contributed by atoms with Gasteiger partial charge in [-0.1, -0.05) is 48.0 Å². The molecule has 0 saturated heterocycles. The number of aliphatic hydroxyl groups excluding tert-OH is 1. The third kappa shape index (κ3) is 5.37. The second-order valence-corrected chi connectivity index (χ2v) is 5.61. The van der Waals surface area contributed by atoms with Crippen LogP contribution in [0.1, 0.15) is 22.7 Å². The molecule has 0 saturated carbocycles. The standard InChI is InChI=1S/C17H15ClF3NO3/c18-12-6-7-13(14(8-12)17(19,20)21)15(9-23)22-16(24)25-10-11-4-2-1-3-5-11/h1-8,15,23H,9-10H2,(H,22,24). The van der Waals surface area contributed by atoms with Gasteiger partial charge in [-0.05, 0) is 23.3 Å². The third-order valence-electron chi connectivity index (χ3n) is 3.38. The molecule has 25 heavy (non-hydrogen) atoms. The van der Waals surface area contributed by atoms with Gasteiger partial charge in [-0.3, -0.25) is 0 Å². The lowest BCUT2D eigenvalue weighted by atomic mass is 10.0. The maximum atomic E-state index is 13.1. The number of carbonyl (C=O) groups is 1. The molecule has 0 bridgehead atoms. The largest absolute Gasteiger partial charge is 0.445 e. The van der Waals surface area contributed by atoms with Crippen LogP contribution in [-0.4, -0.2) is 17.8 Å². The maximum Gasteiger partial charge on any atom is 0.416 e. The van der Waals surface area contributed by atoms with Gasteiger partial charge in [0.1, 0.15) is 6.61 Å². The average Bonchev–Trinajstić information content (AvgIpc) is 2.58. The summed E-state index contributed by atoms with van der Waals surface area (Å²) in [5.41, 5.74) is -0.598. The predicted molar refractivity (Wildman–Crippen MR) is 86.0 cm³/mol. The number of carbonyl (C=O) groups excluding carboxylic acids is 1. The molecule has 0 radical (unpaired) electrons. The average molecular weight is 374 g/mol. The fourth-order valence-electron chi connectivity index (χ4n) is 2.21. The van der Waals surface area contributed by atoms with Crippen LogP contribution < -0.4 is 5.32 Å². The zero-order chi connectivity index (χ0) is 18.4. The Kier molecular flexibility index (Phi) is 6.27. The van der Waals surface area contributed by atoms with Crippen LogP contribution in [0.2, 0.25) is 5.02 Å². The van der Waals surface area contributed by atoms with Crippen LogP contribution >= 0.6 is 11.6 Å². The highest BCUT2D eigenvalue weighted by Gasteiger charge is 2.35. The quantitative estimate of drug-likeness (QED) is 0.820. The van der Waals surface area contributed by atoms with E-state index in [9.17, 15) is 23.1 Å². The van der Waals surface area contributed by atoms with Gasteiger partial charge in [0, 0.05) is 5.02 Å². The van der Waals surface area contributed by atoms with Gasteiger partial charge in [0.25, 0.3) is 0 Å². The predicted octanol–water partition coefficient (Wildman–Crippen LogP) is 4.32. The second-order valence-electron chi connectivity index (χ2n) is 5.17. The molecule has 2 aromatic carbocycles. The van der Waals surface area contributed by atoms with E-state index in [2.05, 4.69) is 5.32 Å². The van der Waals surface area contributed by atoms with E-state index in [1.165, 1.54) is 6.07 Å². The van der Waals surface area contributed by atoms with Crippen LogP contribution in [0.3, 0.4) is 0 Å². The lowest BCUT2D eigenvalue weighted by molar-refractivity contribution is -0.138. The number of hydrogen-bond acceptors (Lipinski definition) is 3. The lowest BCUT2D eigenvalue weighted by Crippen LogP contribution is -2.32. The summed E-state index contributed by atoms with van der Waals surface area (Å²) in [7, 11) is 0. The normalized spacial score (nSPS) is 12.5. The molecule has 134 valence electrons. The highest BCUT2D eigenvalue weighted by Crippen LogP contribution is 2.36. The van der Waals surface area contributed by atoms with Crippen molar-refractivity contribution in [3.05, 3.63) is 70.2 Å². The number of rotatable bonds is 5. The Morgan fingerprint density at radius 3 is 2.48 bits per heavy atom. The van der Waals surface area contributed by atoms with Gasteiger partial charge >= 0.3 is 12.3 Å². The number of hydrogen-bond donors (Lipinski definition) is 2. The van der Waals surface area contributed by atoms with Gasteiger partial charge in [-0.15, -0.1) is 0 Å². The molecule has 0 aliphatic rings. The molecular weight excluding hydrogens is 359 g/mol. The van der Waals surface area contributed by atoms with Crippen LogP contribution in [0.15, 0.2) is 48.5 Å². The molecular formula is C17H15ClF3NO3. The number of alkyl carbamates (subject to hydrolysis) is 1. The monoisotopic (exact) mass is 373 g/mol. The van der Waals surface area contributed by atoms with Gasteiger partial charge in [0.05, 0.1) is 18.2 Å². The minimum atomic E-state index is -4.68. The molecule has 1 atom stereocenters. The van der Waals surface area contributed by atoms with E-state index >= 15 is 0 Å². The molecule has 2 N–H and O–H groups in total. The summed E-state index contributed by atoms with van der Waals surface area (Å²) >= 11 is 5.62. The molecule has 0 spiro atoms. The number of halogens is 4. The van der Waals surface area contributed by atoms with Gasteiger partial charge < -0.3 is 15.2 Å². The first-order valence-electron chi connectivity index (χ1n) is 7.26. The Hall–Kier alpha value is -2.25. The summed E-state index contributed by atoms with van der Waals surface area (Å²) in [6.45, 7) is -0.775. The van der Waals surface area contributed by atoms with Crippen molar-refractivity contribution in [2.24, 2.45) is 0 Å². The molecule has 0 heterocycles. The molecule has 8 heteroatoms. The zero-order valence-electron chi connectivity index (χ0n) is 12.9. The highest BCUT2D eigenvalue weighted by atomic mass is 35.5. The number of aliphatic hydroxyl groups is 1. The number of ether oxygens (including phenoxy) is 1. The van der Waals surface area contributed by atoms with E-state index in [0.717, 1.165) is 17.7 Å². The van der Waals surface area contributed by atoms with E-state index in [-0.39, 0.29) is 17.2 Å². The number of alkyl halides is 3. The van der Waals surface area contributed by atoms with Crippen LogP contribution in [0.5, 0.6) is 0 Å². The van der Waals surface area contributed by atoms with Crippen molar-refractivity contribution in [2.75, 3.05) is 6.61 Å². The summed E-state index contributed by atoms with van der Waals surface area (Å²) in [4.78, 5) is 11.8. The molecule has 0 fully saturated rings. The molecule has 2 rings (SSSR count). The SMILES string of the molecule is O=C(NC(CO)c1ccc(Cl)cc1C(F)(F)F)OCc1ccccc1. The van der Waals surface area contributed by atoms with Crippen LogP contribution in [0.25, 0.3) is 0 Å². The summed E-state index contributed by atoms with van der Waals surface area (Å²) in [6.07, 6.45) is -5.62. The fourth-order valence-corrected chi connectivity index (χ4v) is 2.38. The maximum absolute atomic E-state index is 13.1. The van der Waals surface area contributed by atoms with Gasteiger partial charge in [-0.2, -0.15) is 13.2 Å². The van der Waals surface area contributed by atoms with Crippen LogP contribution in [0, 0.1) is 0 Å². The summed E-state index contributed by atoms with van der Waals surface area (Å²) in [5.74, 6) is 0. The zero-order valence-corrected chi connectivity index (χ0v) is 13.6. The van der Waals surface area contributed by atoms with E-state index in [4.69, 9.17) is 16.3 Å². The number of nitrogens with one attached hydrogen (secondary N) is 1. The van der Waals surface area contributed by atoms with Crippen molar-refractivity contribution in [3.8, 4) is 0 Å². The Bertz CT molecular complexity index is 723. The van der Waals surface area contributed by atoms with E-state index in [0.29, 0.717) is 0 Å². The third-order valence-corrected chi connectivity index (χ3v) is 3.62. The topological polar surface area (TPSA) is 58.6 Å². The smallest absolute Gasteiger partial charge is 0.416 e. The van der Waals surface area contributed by atoms with Gasteiger partial charge in [0.2, 0.25) is 0 Å². The van der Waals surface area contributed by atoms with Crippen molar-refractivity contribution in [2.45, 2.75) is 18.8 Å². The summed E-state index contributed by atoms with van der Waals surface area (Å²) in [5, 5.41) is 11.5. The van der Waals surface area contributed by atoms with Crippen molar-refractivity contribution in [1.82, 2.24) is 5.32 Å².